The largest absolute Gasteiger partial charge is 0.355 e. The zero-order valence-electron chi connectivity index (χ0n) is 13.9. The summed E-state index contributed by atoms with van der Waals surface area (Å²) in [5, 5.41) is 10.9. The predicted octanol–water partition coefficient (Wildman–Crippen LogP) is 2.85. The summed E-state index contributed by atoms with van der Waals surface area (Å²) in [5.41, 5.74) is 0.469. The minimum Gasteiger partial charge on any atom is -0.355 e. The molecule has 0 fully saturated rings. The fourth-order valence-electron chi connectivity index (χ4n) is 1.96. The standard InChI is InChI=1S/C16H19Cl2N5OS/c1-10-8-22-14(25-10)9-23-16(19-2)21-6-5-20-15(24)11-3-4-12(17)13(18)7-11/h3-4,7-8H,5-6,9H2,1-2H3,(H,20,24)(H2,19,21,23). The average Bonchev–Trinajstić information content (AvgIpc) is 3.01. The van der Waals surface area contributed by atoms with Gasteiger partial charge in [-0.3, -0.25) is 9.79 Å². The summed E-state index contributed by atoms with van der Waals surface area (Å²) in [6.45, 7) is 3.60. The lowest BCUT2D eigenvalue weighted by molar-refractivity contribution is 0.0954. The number of benzene rings is 1. The van der Waals surface area contributed by atoms with Crippen molar-refractivity contribution in [2.75, 3.05) is 20.1 Å². The highest BCUT2D eigenvalue weighted by atomic mass is 35.5. The molecule has 0 saturated carbocycles. The molecule has 0 aliphatic carbocycles. The van der Waals surface area contributed by atoms with E-state index in [4.69, 9.17) is 23.2 Å². The monoisotopic (exact) mass is 399 g/mol. The van der Waals surface area contributed by atoms with Crippen LogP contribution in [0.5, 0.6) is 0 Å². The Morgan fingerprint density at radius 2 is 1.96 bits per heavy atom. The fourth-order valence-corrected chi connectivity index (χ4v) is 2.98. The van der Waals surface area contributed by atoms with E-state index < -0.39 is 0 Å². The Morgan fingerprint density at radius 3 is 2.60 bits per heavy atom. The first-order valence-electron chi connectivity index (χ1n) is 7.58. The van der Waals surface area contributed by atoms with Gasteiger partial charge in [0.15, 0.2) is 5.96 Å². The van der Waals surface area contributed by atoms with Crippen LogP contribution in [0.4, 0.5) is 0 Å². The summed E-state index contributed by atoms with van der Waals surface area (Å²) in [4.78, 5) is 21.6. The molecule has 9 heteroatoms. The smallest absolute Gasteiger partial charge is 0.251 e. The third-order valence-electron chi connectivity index (χ3n) is 3.18. The van der Waals surface area contributed by atoms with Gasteiger partial charge in [0.05, 0.1) is 16.6 Å². The molecule has 25 heavy (non-hydrogen) atoms. The number of guanidine groups is 1. The number of aromatic nitrogens is 1. The SMILES string of the molecule is CN=C(NCCNC(=O)c1ccc(Cl)c(Cl)c1)NCc1ncc(C)s1. The zero-order chi connectivity index (χ0) is 18.2. The van der Waals surface area contributed by atoms with E-state index in [1.807, 2.05) is 13.1 Å². The van der Waals surface area contributed by atoms with E-state index >= 15 is 0 Å². The van der Waals surface area contributed by atoms with Crippen LogP contribution in [0.15, 0.2) is 29.4 Å². The molecule has 1 amide bonds. The normalized spacial score (nSPS) is 11.3. The maximum atomic E-state index is 12.0. The van der Waals surface area contributed by atoms with Crippen molar-refractivity contribution in [1.29, 1.82) is 0 Å². The van der Waals surface area contributed by atoms with Gasteiger partial charge < -0.3 is 16.0 Å². The molecule has 2 rings (SSSR count). The van der Waals surface area contributed by atoms with Crippen molar-refractivity contribution in [2.45, 2.75) is 13.5 Å². The van der Waals surface area contributed by atoms with Gasteiger partial charge in [0.2, 0.25) is 0 Å². The highest BCUT2D eigenvalue weighted by Crippen LogP contribution is 2.22. The Labute approximate surface area is 160 Å². The summed E-state index contributed by atoms with van der Waals surface area (Å²) in [5.74, 6) is 0.443. The molecule has 0 atom stereocenters. The van der Waals surface area contributed by atoms with Crippen molar-refractivity contribution < 1.29 is 4.79 Å². The molecule has 0 radical (unpaired) electrons. The Kier molecular flexibility index (Phi) is 7.49. The van der Waals surface area contributed by atoms with Crippen LogP contribution < -0.4 is 16.0 Å². The number of nitrogens with zero attached hydrogens (tertiary/aromatic N) is 2. The predicted molar refractivity (Wildman–Crippen MR) is 104 cm³/mol. The van der Waals surface area contributed by atoms with E-state index in [0.717, 1.165) is 5.01 Å². The van der Waals surface area contributed by atoms with Crippen molar-refractivity contribution in [1.82, 2.24) is 20.9 Å². The summed E-state index contributed by atoms with van der Waals surface area (Å²) in [6, 6.07) is 4.78. The molecule has 1 aromatic heterocycles. The summed E-state index contributed by atoms with van der Waals surface area (Å²) >= 11 is 13.4. The molecule has 0 aliphatic rings. The number of halogens is 2. The van der Waals surface area contributed by atoms with Gasteiger partial charge in [-0.2, -0.15) is 0 Å². The van der Waals surface area contributed by atoms with Gasteiger partial charge in [-0.1, -0.05) is 23.2 Å². The number of nitrogens with one attached hydrogen (secondary N) is 3. The number of carbonyl (C=O) groups is 1. The zero-order valence-corrected chi connectivity index (χ0v) is 16.2. The molecule has 6 nitrogen and oxygen atoms in total. The molecular formula is C16H19Cl2N5OS. The summed E-state index contributed by atoms with van der Waals surface area (Å²) in [7, 11) is 1.69. The second kappa shape index (κ2) is 9.60. The molecule has 0 spiro atoms. The van der Waals surface area contributed by atoms with Gasteiger partial charge in [0.25, 0.3) is 5.91 Å². The number of rotatable bonds is 6. The lowest BCUT2D eigenvalue weighted by atomic mass is 10.2. The van der Waals surface area contributed by atoms with Gasteiger partial charge in [-0.05, 0) is 25.1 Å². The van der Waals surface area contributed by atoms with Crippen LogP contribution in [-0.4, -0.2) is 37.0 Å². The lowest BCUT2D eigenvalue weighted by Crippen LogP contribution is -2.41. The van der Waals surface area contributed by atoms with Crippen molar-refractivity contribution in [2.24, 2.45) is 4.99 Å². The van der Waals surface area contributed by atoms with Crippen molar-refractivity contribution >= 4 is 46.4 Å². The van der Waals surface area contributed by atoms with Gasteiger partial charge >= 0.3 is 0 Å². The first-order chi connectivity index (χ1) is 12.0. The molecule has 3 N–H and O–H groups in total. The molecule has 0 unspecified atom stereocenters. The fraction of sp³-hybridized carbons (Fsp3) is 0.312. The van der Waals surface area contributed by atoms with Crippen LogP contribution in [0, 0.1) is 6.92 Å². The van der Waals surface area contributed by atoms with Gasteiger partial charge in [0.1, 0.15) is 5.01 Å². The van der Waals surface area contributed by atoms with Crippen LogP contribution in [0.1, 0.15) is 20.2 Å². The van der Waals surface area contributed by atoms with E-state index in [9.17, 15) is 4.79 Å². The molecule has 1 aromatic carbocycles. The first kappa shape index (κ1) is 19.5. The number of aliphatic imine (C=N–C) groups is 1. The first-order valence-corrected chi connectivity index (χ1v) is 9.16. The maximum Gasteiger partial charge on any atom is 0.251 e. The van der Waals surface area contributed by atoms with Gasteiger partial charge in [-0.15, -0.1) is 11.3 Å². The molecular weight excluding hydrogens is 381 g/mol. The van der Waals surface area contributed by atoms with Crippen LogP contribution in [0.3, 0.4) is 0 Å². The second-order valence-electron chi connectivity index (χ2n) is 5.10. The number of aryl methyl sites for hydroxylation is 1. The number of amides is 1. The van der Waals surface area contributed by atoms with E-state index in [2.05, 4.69) is 25.9 Å². The maximum absolute atomic E-state index is 12.0. The van der Waals surface area contributed by atoms with Crippen molar-refractivity contribution in [3.8, 4) is 0 Å². The molecule has 0 bridgehead atoms. The van der Waals surface area contributed by atoms with E-state index in [0.29, 0.717) is 41.2 Å². The van der Waals surface area contributed by atoms with Crippen molar-refractivity contribution in [3.63, 3.8) is 0 Å². The van der Waals surface area contributed by atoms with E-state index in [-0.39, 0.29) is 5.91 Å². The summed E-state index contributed by atoms with van der Waals surface area (Å²) in [6.07, 6.45) is 1.84. The number of thiazole rings is 1. The average molecular weight is 400 g/mol. The minimum absolute atomic E-state index is 0.207. The van der Waals surface area contributed by atoms with E-state index in [1.165, 1.54) is 4.88 Å². The second-order valence-corrected chi connectivity index (χ2v) is 7.24. The third-order valence-corrected chi connectivity index (χ3v) is 4.84. The number of hydrogen-bond donors (Lipinski definition) is 3. The van der Waals surface area contributed by atoms with Gasteiger partial charge in [0, 0.05) is 36.8 Å². The highest BCUT2D eigenvalue weighted by molar-refractivity contribution is 7.11. The minimum atomic E-state index is -0.207. The van der Waals surface area contributed by atoms with E-state index in [1.54, 1.807) is 36.6 Å². The molecule has 0 aliphatic heterocycles. The molecule has 2 aromatic rings. The topological polar surface area (TPSA) is 78.4 Å². The number of hydrogen-bond acceptors (Lipinski definition) is 4. The van der Waals surface area contributed by atoms with Crippen molar-refractivity contribution in [3.05, 3.63) is 49.9 Å². The Balaban J connectivity index is 1.71. The quantitative estimate of drug-likeness (QED) is 0.396. The van der Waals surface area contributed by atoms with Crippen LogP contribution in [-0.2, 0) is 6.54 Å². The Bertz CT molecular complexity index is 763. The van der Waals surface area contributed by atoms with Crippen LogP contribution >= 0.6 is 34.5 Å². The lowest BCUT2D eigenvalue weighted by Gasteiger charge is -2.11. The Hall–Kier alpha value is -1.83. The third kappa shape index (κ3) is 6.19. The molecule has 0 saturated heterocycles. The summed E-state index contributed by atoms with van der Waals surface area (Å²) < 4.78 is 0. The Morgan fingerprint density at radius 1 is 1.20 bits per heavy atom. The number of carbonyl (C=O) groups excluding carboxylic acids is 1. The van der Waals surface area contributed by atoms with Crippen LogP contribution in [0.2, 0.25) is 10.0 Å². The highest BCUT2D eigenvalue weighted by Gasteiger charge is 2.07. The van der Waals surface area contributed by atoms with Crippen LogP contribution in [0.25, 0.3) is 0 Å². The molecule has 134 valence electrons. The molecule has 1 heterocycles. The van der Waals surface area contributed by atoms with Gasteiger partial charge in [-0.25, -0.2) is 4.98 Å².